The SMILES string of the molecule is CCOC(=O)CNC(=O)C(=O)c1cn(CC(=O)N2CCCC2)c2ccccc12. The molecule has 1 aliphatic heterocycles. The first-order valence-corrected chi connectivity index (χ1v) is 9.35. The highest BCUT2D eigenvalue weighted by Gasteiger charge is 2.24. The van der Waals surface area contributed by atoms with Crippen LogP contribution in [0, 0.1) is 0 Å². The summed E-state index contributed by atoms with van der Waals surface area (Å²) in [4.78, 5) is 50.5. The zero-order valence-electron chi connectivity index (χ0n) is 15.8. The van der Waals surface area contributed by atoms with Gasteiger partial charge < -0.3 is 19.5 Å². The van der Waals surface area contributed by atoms with Gasteiger partial charge in [0, 0.05) is 30.2 Å². The molecule has 0 spiro atoms. The molecule has 28 heavy (non-hydrogen) atoms. The number of carbonyl (C=O) groups is 4. The van der Waals surface area contributed by atoms with Gasteiger partial charge in [0.25, 0.3) is 11.7 Å². The molecular weight excluding hydrogens is 362 g/mol. The molecule has 8 heteroatoms. The summed E-state index contributed by atoms with van der Waals surface area (Å²) in [6.45, 7) is 3.09. The predicted molar refractivity (Wildman–Crippen MR) is 102 cm³/mol. The van der Waals surface area contributed by atoms with Crippen LogP contribution in [0.15, 0.2) is 30.5 Å². The van der Waals surface area contributed by atoms with Gasteiger partial charge in [0.15, 0.2) is 0 Å². The maximum Gasteiger partial charge on any atom is 0.325 e. The summed E-state index contributed by atoms with van der Waals surface area (Å²) < 4.78 is 6.43. The van der Waals surface area contributed by atoms with Crippen molar-refractivity contribution in [3.05, 3.63) is 36.0 Å². The molecule has 1 aromatic heterocycles. The van der Waals surface area contributed by atoms with E-state index in [9.17, 15) is 19.2 Å². The van der Waals surface area contributed by atoms with E-state index in [-0.39, 0.29) is 31.2 Å². The largest absolute Gasteiger partial charge is 0.465 e. The van der Waals surface area contributed by atoms with E-state index in [4.69, 9.17) is 4.74 Å². The van der Waals surface area contributed by atoms with Crippen molar-refractivity contribution in [2.75, 3.05) is 26.2 Å². The molecule has 0 radical (unpaired) electrons. The Morgan fingerprint density at radius 2 is 1.82 bits per heavy atom. The Labute approximate surface area is 162 Å². The molecule has 148 valence electrons. The fourth-order valence-electron chi connectivity index (χ4n) is 3.34. The molecule has 0 bridgehead atoms. The van der Waals surface area contributed by atoms with Crippen molar-refractivity contribution in [1.82, 2.24) is 14.8 Å². The van der Waals surface area contributed by atoms with E-state index in [1.807, 2.05) is 11.0 Å². The van der Waals surface area contributed by atoms with E-state index in [1.54, 1.807) is 29.7 Å². The molecule has 2 heterocycles. The zero-order chi connectivity index (χ0) is 20.1. The van der Waals surface area contributed by atoms with Crippen LogP contribution < -0.4 is 5.32 Å². The lowest BCUT2D eigenvalue weighted by molar-refractivity contribution is -0.143. The smallest absolute Gasteiger partial charge is 0.325 e. The Morgan fingerprint density at radius 1 is 1.11 bits per heavy atom. The van der Waals surface area contributed by atoms with Gasteiger partial charge in [0.1, 0.15) is 13.1 Å². The second kappa shape index (κ2) is 8.69. The third-order valence-corrected chi connectivity index (χ3v) is 4.70. The Balaban J connectivity index is 1.79. The molecule has 2 amide bonds. The van der Waals surface area contributed by atoms with Gasteiger partial charge in [0.2, 0.25) is 5.91 Å². The van der Waals surface area contributed by atoms with Gasteiger partial charge >= 0.3 is 5.97 Å². The number of hydrogen-bond acceptors (Lipinski definition) is 5. The number of ketones is 1. The zero-order valence-corrected chi connectivity index (χ0v) is 15.8. The monoisotopic (exact) mass is 385 g/mol. The van der Waals surface area contributed by atoms with Crippen LogP contribution in [0.5, 0.6) is 0 Å². The summed E-state index contributed by atoms with van der Waals surface area (Å²) in [7, 11) is 0. The van der Waals surface area contributed by atoms with Crippen LogP contribution in [-0.4, -0.2) is 59.3 Å². The summed E-state index contributed by atoms with van der Waals surface area (Å²) in [5.74, 6) is -2.26. The van der Waals surface area contributed by atoms with Crippen LogP contribution in [-0.2, 0) is 25.7 Å². The maximum absolute atomic E-state index is 12.6. The number of nitrogens with one attached hydrogen (secondary N) is 1. The van der Waals surface area contributed by atoms with Gasteiger partial charge in [-0.15, -0.1) is 0 Å². The number of likely N-dealkylation sites (tertiary alicyclic amines) is 1. The maximum atomic E-state index is 12.6. The highest BCUT2D eigenvalue weighted by Crippen LogP contribution is 2.22. The van der Waals surface area contributed by atoms with E-state index >= 15 is 0 Å². The first kappa shape index (κ1) is 19.6. The van der Waals surface area contributed by atoms with Crippen molar-refractivity contribution in [2.45, 2.75) is 26.3 Å². The van der Waals surface area contributed by atoms with Crippen LogP contribution in [0.1, 0.15) is 30.1 Å². The van der Waals surface area contributed by atoms with Gasteiger partial charge in [-0.25, -0.2) is 0 Å². The van der Waals surface area contributed by atoms with Crippen molar-refractivity contribution in [2.24, 2.45) is 0 Å². The average molecular weight is 385 g/mol. The van der Waals surface area contributed by atoms with E-state index < -0.39 is 17.7 Å². The number of hydrogen-bond donors (Lipinski definition) is 1. The molecule has 1 aromatic carbocycles. The van der Waals surface area contributed by atoms with Gasteiger partial charge in [-0.05, 0) is 25.8 Å². The summed E-state index contributed by atoms with van der Waals surface area (Å²) in [5.41, 5.74) is 0.905. The number of esters is 1. The third kappa shape index (κ3) is 4.21. The predicted octanol–water partition coefficient (Wildman–Crippen LogP) is 1.13. The molecule has 1 N–H and O–H groups in total. The number of rotatable bonds is 7. The van der Waals surface area contributed by atoms with E-state index in [2.05, 4.69) is 5.32 Å². The summed E-state index contributed by atoms with van der Waals surface area (Å²) >= 11 is 0. The van der Waals surface area contributed by atoms with E-state index in [1.165, 1.54) is 6.20 Å². The van der Waals surface area contributed by atoms with Crippen LogP contribution in [0.25, 0.3) is 10.9 Å². The average Bonchev–Trinajstić information content (AvgIpc) is 3.35. The minimum absolute atomic E-state index is 0.0102. The topological polar surface area (TPSA) is 97.7 Å². The van der Waals surface area contributed by atoms with Gasteiger partial charge in [0.05, 0.1) is 12.2 Å². The number of amides is 2. The number of fused-ring (bicyclic) bond motifs is 1. The minimum atomic E-state index is -0.887. The number of nitrogens with zero attached hydrogens (tertiary/aromatic N) is 2. The highest BCUT2D eigenvalue weighted by molar-refractivity contribution is 6.45. The summed E-state index contributed by atoms with van der Waals surface area (Å²) in [6.07, 6.45) is 3.54. The number of benzene rings is 1. The lowest BCUT2D eigenvalue weighted by atomic mass is 10.1. The Kier molecular flexibility index (Phi) is 6.08. The van der Waals surface area contributed by atoms with Crippen LogP contribution >= 0.6 is 0 Å². The third-order valence-electron chi connectivity index (χ3n) is 4.70. The lowest BCUT2D eigenvalue weighted by Gasteiger charge is -2.15. The van der Waals surface area contributed by atoms with Gasteiger partial charge in [-0.2, -0.15) is 0 Å². The number of carbonyl (C=O) groups excluding carboxylic acids is 4. The second-order valence-corrected chi connectivity index (χ2v) is 6.59. The number of Topliss-reactive ketones (excluding diaryl/α,β-unsaturated/α-hetero) is 1. The highest BCUT2D eigenvalue weighted by atomic mass is 16.5. The fourth-order valence-corrected chi connectivity index (χ4v) is 3.34. The molecule has 2 aromatic rings. The lowest BCUT2D eigenvalue weighted by Crippen LogP contribution is -2.35. The van der Waals surface area contributed by atoms with Crippen molar-refractivity contribution in [1.29, 1.82) is 0 Å². The standard InChI is InChI=1S/C20H23N3O5/c1-2-28-18(25)11-21-20(27)19(26)15-12-23(16-8-4-3-7-14(15)16)13-17(24)22-9-5-6-10-22/h3-4,7-8,12H,2,5-6,9-11,13H2,1H3,(H,21,27). The van der Waals surface area contributed by atoms with E-state index in [0.717, 1.165) is 25.9 Å². The molecule has 0 atom stereocenters. The molecule has 1 fully saturated rings. The molecule has 3 rings (SSSR count). The number of ether oxygens (including phenoxy) is 1. The molecular formula is C20H23N3O5. The van der Waals surface area contributed by atoms with E-state index in [0.29, 0.717) is 10.9 Å². The molecule has 8 nitrogen and oxygen atoms in total. The van der Waals surface area contributed by atoms with Gasteiger partial charge in [-0.3, -0.25) is 19.2 Å². The molecule has 0 saturated carbocycles. The molecule has 0 aliphatic carbocycles. The van der Waals surface area contributed by atoms with Crippen molar-refractivity contribution < 1.29 is 23.9 Å². The quantitative estimate of drug-likeness (QED) is 0.438. The van der Waals surface area contributed by atoms with Crippen LogP contribution in [0.4, 0.5) is 0 Å². The van der Waals surface area contributed by atoms with Crippen LogP contribution in [0.3, 0.4) is 0 Å². The Morgan fingerprint density at radius 3 is 2.54 bits per heavy atom. The Hall–Kier alpha value is -3.16. The minimum Gasteiger partial charge on any atom is -0.465 e. The van der Waals surface area contributed by atoms with Crippen molar-refractivity contribution in [3.8, 4) is 0 Å². The Bertz CT molecular complexity index is 912. The summed E-state index contributed by atoms with van der Waals surface area (Å²) in [6, 6.07) is 7.12. The molecule has 0 unspecified atom stereocenters. The summed E-state index contributed by atoms with van der Waals surface area (Å²) in [5, 5.41) is 2.87. The second-order valence-electron chi connectivity index (χ2n) is 6.59. The van der Waals surface area contributed by atoms with Gasteiger partial charge in [-0.1, -0.05) is 18.2 Å². The molecule has 1 saturated heterocycles. The number of aromatic nitrogens is 1. The first-order valence-electron chi connectivity index (χ1n) is 9.35. The number of para-hydroxylation sites is 1. The first-order chi connectivity index (χ1) is 13.5. The van der Waals surface area contributed by atoms with Crippen molar-refractivity contribution in [3.63, 3.8) is 0 Å². The fraction of sp³-hybridized carbons (Fsp3) is 0.400. The normalized spacial score (nSPS) is 13.5. The van der Waals surface area contributed by atoms with Crippen LogP contribution in [0.2, 0.25) is 0 Å². The molecule has 1 aliphatic rings. The van der Waals surface area contributed by atoms with Crippen molar-refractivity contribution >= 4 is 34.5 Å².